The fourth-order valence-electron chi connectivity index (χ4n) is 5.57. The van der Waals surface area contributed by atoms with Crippen molar-refractivity contribution in [2.24, 2.45) is 5.92 Å². The van der Waals surface area contributed by atoms with Crippen LogP contribution in [0.5, 0.6) is 11.5 Å². The summed E-state index contributed by atoms with van der Waals surface area (Å²) in [4.78, 5) is 26.9. The lowest BCUT2D eigenvalue weighted by molar-refractivity contribution is -0.146. The number of amides is 1. The quantitative estimate of drug-likeness (QED) is 0.426. The van der Waals surface area contributed by atoms with Gasteiger partial charge in [0.2, 0.25) is 5.91 Å². The van der Waals surface area contributed by atoms with Gasteiger partial charge in [0.05, 0.1) is 32.2 Å². The van der Waals surface area contributed by atoms with Gasteiger partial charge in [-0.15, -0.1) is 10.2 Å². The molecule has 2 aromatic carbocycles. The zero-order valence-electron chi connectivity index (χ0n) is 23.0. The molecule has 0 spiro atoms. The van der Waals surface area contributed by atoms with E-state index >= 15 is 0 Å². The molecule has 0 radical (unpaired) electrons. The number of carbonyl (C=O) groups excluding carboxylic acids is 1. The van der Waals surface area contributed by atoms with Gasteiger partial charge in [0, 0.05) is 35.2 Å². The molecule has 10 nitrogen and oxygen atoms in total. The summed E-state index contributed by atoms with van der Waals surface area (Å²) in [7, 11) is 3.14. The van der Waals surface area contributed by atoms with Gasteiger partial charge >= 0.3 is 5.97 Å². The number of fused-ring (bicyclic) bond motifs is 3. The van der Waals surface area contributed by atoms with Crippen molar-refractivity contribution in [3.8, 4) is 17.2 Å². The van der Waals surface area contributed by atoms with E-state index < -0.39 is 24.1 Å². The van der Waals surface area contributed by atoms with Crippen LogP contribution >= 0.6 is 11.6 Å². The first kappa shape index (κ1) is 27.9. The Morgan fingerprint density at radius 3 is 2.65 bits per heavy atom. The molecular formula is C29H33ClN4O6. The number of methoxy groups -OCH3 is 2. The maximum absolute atomic E-state index is 13.6. The normalized spacial score (nSPS) is 20.4. The molecular weight excluding hydrogens is 536 g/mol. The lowest BCUT2D eigenvalue weighted by atomic mass is 9.97. The van der Waals surface area contributed by atoms with E-state index in [-0.39, 0.29) is 24.8 Å². The number of carboxylic acid groups (broad SMARTS) is 1. The van der Waals surface area contributed by atoms with Gasteiger partial charge in [-0.2, -0.15) is 0 Å². The average molecular weight is 569 g/mol. The first-order valence-electron chi connectivity index (χ1n) is 13.3. The van der Waals surface area contributed by atoms with E-state index in [0.29, 0.717) is 47.3 Å². The Labute approximate surface area is 237 Å². The van der Waals surface area contributed by atoms with Gasteiger partial charge in [-0.1, -0.05) is 37.6 Å². The highest BCUT2D eigenvalue weighted by molar-refractivity contribution is 6.30. The molecule has 0 aliphatic carbocycles. The molecule has 212 valence electrons. The number of hydrogen-bond donors (Lipinski definition) is 1. The van der Waals surface area contributed by atoms with Crippen molar-refractivity contribution in [3.05, 3.63) is 64.2 Å². The summed E-state index contributed by atoms with van der Waals surface area (Å²) in [5.41, 5.74) is 2.26. The molecule has 40 heavy (non-hydrogen) atoms. The number of piperidine rings is 1. The van der Waals surface area contributed by atoms with Crippen LogP contribution in [-0.4, -0.2) is 64.0 Å². The summed E-state index contributed by atoms with van der Waals surface area (Å²) in [6.07, 6.45) is -0.322. The Bertz CT molecular complexity index is 1420. The molecule has 2 aliphatic rings. The van der Waals surface area contributed by atoms with Gasteiger partial charge < -0.3 is 24.2 Å². The second-order valence-corrected chi connectivity index (χ2v) is 10.9. The Morgan fingerprint density at radius 1 is 1.15 bits per heavy atom. The third kappa shape index (κ3) is 5.13. The number of para-hydroxylation sites is 1. The summed E-state index contributed by atoms with van der Waals surface area (Å²) in [6, 6.07) is 11.1. The van der Waals surface area contributed by atoms with Gasteiger partial charge in [0.15, 0.2) is 17.3 Å². The van der Waals surface area contributed by atoms with Crippen LogP contribution in [0.1, 0.15) is 74.0 Å². The number of aliphatic carboxylic acids is 1. The van der Waals surface area contributed by atoms with Crippen molar-refractivity contribution in [2.45, 2.75) is 51.2 Å². The third-order valence-electron chi connectivity index (χ3n) is 7.53. The molecule has 3 aromatic rings. The highest BCUT2D eigenvalue weighted by Gasteiger charge is 2.38. The van der Waals surface area contributed by atoms with Gasteiger partial charge in [-0.05, 0) is 37.1 Å². The first-order valence-corrected chi connectivity index (χ1v) is 13.7. The number of ether oxygens (including phenoxy) is 3. The molecule has 1 aromatic heterocycles. The van der Waals surface area contributed by atoms with Gasteiger partial charge in [0.1, 0.15) is 18.0 Å². The van der Waals surface area contributed by atoms with Crippen LogP contribution in [0, 0.1) is 5.92 Å². The van der Waals surface area contributed by atoms with Crippen molar-refractivity contribution < 1.29 is 28.9 Å². The van der Waals surface area contributed by atoms with Gasteiger partial charge in [0.25, 0.3) is 0 Å². The first-order chi connectivity index (χ1) is 19.2. The summed E-state index contributed by atoms with van der Waals surface area (Å²) < 4.78 is 20.1. The van der Waals surface area contributed by atoms with Crippen LogP contribution in [0.2, 0.25) is 5.02 Å². The largest absolute Gasteiger partial charge is 0.493 e. The van der Waals surface area contributed by atoms with E-state index in [1.807, 2.05) is 42.7 Å². The summed E-state index contributed by atoms with van der Waals surface area (Å²) in [6.45, 7) is 4.73. The number of aromatic nitrogens is 3. The Balaban J connectivity index is 1.63. The molecule has 1 N–H and O–H groups in total. The van der Waals surface area contributed by atoms with Crippen molar-refractivity contribution in [3.63, 3.8) is 0 Å². The predicted molar refractivity (Wildman–Crippen MR) is 147 cm³/mol. The maximum Gasteiger partial charge on any atom is 0.308 e. The number of carboxylic acids is 1. The van der Waals surface area contributed by atoms with Gasteiger partial charge in [-0.3, -0.25) is 14.2 Å². The fraction of sp³-hybridized carbons (Fsp3) is 0.448. The topological polar surface area (TPSA) is 116 Å². The Kier molecular flexibility index (Phi) is 8.00. The predicted octanol–water partition coefficient (Wildman–Crippen LogP) is 4.94. The third-order valence-corrected chi connectivity index (χ3v) is 7.77. The molecule has 3 atom stereocenters. The minimum Gasteiger partial charge on any atom is -0.493 e. The number of hydrogen-bond acceptors (Lipinski definition) is 7. The smallest absolute Gasteiger partial charge is 0.308 e. The number of carbonyl (C=O) groups is 2. The molecule has 1 amide bonds. The number of benzene rings is 2. The second-order valence-electron chi connectivity index (χ2n) is 10.4. The summed E-state index contributed by atoms with van der Waals surface area (Å²) in [5.74, 6) is 0.636. The molecule has 5 rings (SSSR count). The number of halogens is 1. The van der Waals surface area contributed by atoms with E-state index in [1.54, 1.807) is 31.3 Å². The summed E-state index contributed by atoms with van der Waals surface area (Å²) in [5, 5.41) is 19.1. The lowest BCUT2D eigenvalue weighted by Crippen LogP contribution is -2.42. The van der Waals surface area contributed by atoms with Crippen molar-refractivity contribution in [2.75, 3.05) is 27.3 Å². The Morgan fingerprint density at radius 2 is 1.95 bits per heavy atom. The van der Waals surface area contributed by atoms with E-state index in [2.05, 4.69) is 10.2 Å². The van der Waals surface area contributed by atoms with Crippen LogP contribution in [0.15, 0.2) is 36.4 Å². The van der Waals surface area contributed by atoms with E-state index in [1.165, 1.54) is 0 Å². The zero-order valence-corrected chi connectivity index (χ0v) is 23.7. The fourth-order valence-corrected chi connectivity index (χ4v) is 5.75. The van der Waals surface area contributed by atoms with Gasteiger partial charge in [-0.25, -0.2) is 0 Å². The number of nitrogens with zero attached hydrogens (tertiary/aromatic N) is 4. The maximum atomic E-state index is 13.6. The zero-order chi connectivity index (χ0) is 28.6. The molecule has 1 fully saturated rings. The van der Waals surface area contributed by atoms with E-state index in [0.717, 1.165) is 17.1 Å². The highest BCUT2D eigenvalue weighted by Crippen LogP contribution is 2.46. The second kappa shape index (κ2) is 11.5. The monoisotopic (exact) mass is 568 g/mol. The standard InChI is InChI=1S/C29H33ClN4O6/c1-16(2)27-31-32-28-23(14-24(35)33-12-6-7-17(15-33)29(36)37)40-25(19-8-5-9-22(38-3)26(19)39-4)20-13-18(30)10-11-21(20)34(27)28/h5,8-11,13,16-17,23,25H,6-7,12,14-15H2,1-4H3,(H,36,37). The average Bonchev–Trinajstić information content (AvgIpc) is 3.35. The van der Waals surface area contributed by atoms with Crippen molar-refractivity contribution in [1.82, 2.24) is 19.7 Å². The van der Waals surface area contributed by atoms with Crippen LogP contribution in [0.4, 0.5) is 0 Å². The van der Waals surface area contributed by atoms with Crippen LogP contribution in [0.3, 0.4) is 0 Å². The van der Waals surface area contributed by atoms with E-state index in [4.69, 9.17) is 25.8 Å². The van der Waals surface area contributed by atoms with Crippen molar-refractivity contribution >= 4 is 23.5 Å². The van der Waals surface area contributed by atoms with Crippen LogP contribution in [0.25, 0.3) is 5.69 Å². The number of likely N-dealkylation sites (tertiary alicyclic amines) is 1. The number of rotatable bonds is 7. The Hall–Kier alpha value is -3.63. The molecule has 3 unspecified atom stereocenters. The molecule has 0 bridgehead atoms. The molecule has 0 saturated carbocycles. The summed E-state index contributed by atoms with van der Waals surface area (Å²) >= 11 is 6.52. The molecule has 3 heterocycles. The minimum absolute atomic E-state index is 0.0301. The lowest BCUT2D eigenvalue weighted by Gasteiger charge is -2.32. The molecule has 11 heteroatoms. The molecule has 2 aliphatic heterocycles. The minimum atomic E-state index is -0.887. The van der Waals surface area contributed by atoms with E-state index in [9.17, 15) is 14.7 Å². The van der Waals surface area contributed by atoms with Crippen molar-refractivity contribution in [1.29, 1.82) is 0 Å². The highest BCUT2D eigenvalue weighted by atomic mass is 35.5. The SMILES string of the molecule is COc1cccc(C2OC(CC(=O)N3CCCC(C(=O)O)C3)c3nnc(C(C)C)n3-c3ccc(Cl)cc32)c1OC. The van der Waals surface area contributed by atoms with Crippen LogP contribution < -0.4 is 9.47 Å². The van der Waals surface area contributed by atoms with Crippen LogP contribution in [-0.2, 0) is 14.3 Å². The molecule has 1 saturated heterocycles.